The van der Waals surface area contributed by atoms with Crippen LogP contribution in [0.1, 0.15) is 19.3 Å². The Morgan fingerprint density at radius 2 is 1.65 bits per heavy atom. The van der Waals surface area contributed by atoms with Crippen LogP contribution in [0, 0.1) is 0 Å². The Balaban J connectivity index is 0. The molecule has 0 aliphatic carbocycles. The molecule has 0 fully saturated rings. The van der Waals surface area contributed by atoms with Crippen LogP contribution in [0.25, 0.3) is 0 Å². The Morgan fingerprint density at radius 3 is 1.88 bits per heavy atom. The van der Waals surface area contributed by atoms with Crippen LogP contribution < -0.4 is 16.6 Å². The number of aliphatic hydroxyl groups is 1. The first kappa shape index (κ1) is 18.7. The Hall–Kier alpha value is -0.690. The third kappa shape index (κ3) is 21.2. The quantitative estimate of drug-likeness (QED) is 0.353. The molecule has 0 aromatic heterocycles. The maximum absolute atomic E-state index is 10.0. The van der Waals surface area contributed by atoms with Gasteiger partial charge in [0.1, 0.15) is 12.6 Å². The number of aliphatic carboxylic acids is 1. The molecule has 0 aromatic rings. The lowest BCUT2D eigenvalue weighted by Gasteiger charge is -2.26. The molecule has 6 heteroatoms. The fraction of sp³-hybridized carbons (Fsp3) is 0.909. The lowest BCUT2D eigenvalue weighted by molar-refractivity contribution is -0.873. The molecule has 1 atom stereocenters. The van der Waals surface area contributed by atoms with Crippen molar-refractivity contribution in [2.45, 2.75) is 25.4 Å². The number of aliphatic hydroxyl groups excluding tert-OH is 1. The maximum Gasteiger partial charge on any atom is 0.108 e. The predicted octanol–water partition coefficient (Wildman–Crippen LogP) is -2.12. The van der Waals surface area contributed by atoms with Crippen molar-refractivity contribution in [1.82, 2.24) is 0 Å². The highest BCUT2D eigenvalue weighted by atomic mass is 16.4. The number of carbonyl (C=O) groups is 1. The average Bonchev–Trinajstić information content (AvgIpc) is 2.11. The second-order valence-electron chi connectivity index (χ2n) is 4.99. The molecular formula is C11H27N3O3. The first-order valence-corrected chi connectivity index (χ1v) is 5.81. The van der Waals surface area contributed by atoms with Crippen LogP contribution in [0.3, 0.4) is 0 Å². The summed E-state index contributed by atoms with van der Waals surface area (Å²) in [5.41, 5.74) is 10.3. The molecule has 6 nitrogen and oxygen atoms in total. The number of carbonyl (C=O) groups excluding carboxylic acids is 1. The summed E-state index contributed by atoms with van der Waals surface area (Å²) in [5.74, 6) is -1.20. The number of carboxylic acid groups (broad SMARTS) is 1. The molecule has 0 rings (SSSR count). The van der Waals surface area contributed by atoms with Crippen molar-refractivity contribution in [3.63, 3.8) is 0 Å². The van der Waals surface area contributed by atoms with Gasteiger partial charge in [-0.2, -0.15) is 0 Å². The van der Waals surface area contributed by atoms with Crippen molar-refractivity contribution in [1.29, 1.82) is 0 Å². The van der Waals surface area contributed by atoms with Crippen LogP contribution in [0.15, 0.2) is 0 Å². The number of nitrogens with zero attached hydrogens (tertiary/aromatic N) is 1. The summed E-state index contributed by atoms with van der Waals surface area (Å²) in [4.78, 5) is 10.0. The molecule has 17 heavy (non-hydrogen) atoms. The molecule has 0 aliphatic heterocycles. The largest absolute Gasteiger partial charge is 0.550 e. The van der Waals surface area contributed by atoms with E-state index in [1.54, 1.807) is 0 Å². The van der Waals surface area contributed by atoms with Gasteiger partial charge in [-0.3, -0.25) is 0 Å². The van der Waals surface area contributed by atoms with Crippen molar-refractivity contribution in [2.24, 2.45) is 11.5 Å². The summed E-state index contributed by atoms with van der Waals surface area (Å²) in [7, 11) is 5.66. The van der Waals surface area contributed by atoms with Crippen LogP contribution in [0.5, 0.6) is 0 Å². The van der Waals surface area contributed by atoms with E-state index in [1.807, 2.05) is 21.1 Å². The fourth-order valence-electron chi connectivity index (χ4n) is 1.18. The average molecular weight is 249 g/mol. The molecule has 5 N–H and O–H groups in total. The summed E-state index contributed by atoms with van der Waals surface area (Å²) in [6.45, 7) is 1.97. The Kier molecular flexibility index (Phi) is 11.5. The molecule has 0 radical (unpaired) electrons. The van der Waals surface area contributed by atoms with Crippen molar-refractivity contribution < 1.29 is 19.5 Å². The second kappa shape index (κ2) is 10.5. The van der Waals surface area contributed by atoms with Gasteiger partial charge in [0.15, 0.2) is 0 Å². The number of nitrogens with two attached hydrogens (primary N) is 2. The first-order valence-electron chi connectivity index (χ1n) is 5.81. The maximum atomic E-state index is 10.0. The van der Waals surface area contributed by atoms with E-state index in [1.165, 1.54) is 0 Å². The minimum Gasteiger partial charge on any atom is -0.550 e. The van der Waals surface area contributed by atoms with E-state index in [2.05, 4.69) is 0 Å². The molecule has 0 aliphatic rings. The van der Waals surface area contributed by atoms with E-state index in [9.17, 15) is 9.90 Å². The van der Waals surface area contributed by atoms with Gasteiger partial charge in [-0.25, -0.2) is 0 Å². The van der Waals surface area contributed by atoms with Gasteiger partial charge < -0.3 is 31.0 Å². The molecule has 0 aromatic carbocycles. The number of hydrogen-bond donors (Lipinski definition) is 3. The van der Waals surface area contributed by atoms with Crippen LogP contribution >= 0.6 is 0 Å². The lowest BCUT2D eigenvalue weighted by Crippen LogP contribution is -2.43. The first-order chi connectivity index (χ1) is 7.72. The molecule has 0 saturated carbocycles. The number of rotatable bonds is 7. The number of likely N-dealkylation sites (N-methyl/N-ethyl adjacent to an activating group) is 1. The van der Waals surface area contributed by atoms with E-state index in [-0.39, 0.29) is 6.42 Å². The molecule has 0 spiro atoms. The molecule has 0 heterocycles. The highest BCUT2D eigenvalue weighted by molar-refractivity contribution is 5.64. The van der Waals surface area contributed by atoms with E-state index >= 15 is 0 Å². The summed E-state index contributed by atoms with van der Waals surface area (Å²) >= 11 is 0. The van der Waals surface area contributed by atoms with Gasteiger partial charge in [0.25, 0.3) is 0 Å². The smallest absolute Gasteiger partial charge is 0.108 e. The van der Waals surface area contributed by atoms with Crippen LogP contribution in [-0.2, 0) is 4.79 Å². The number of hydrogen-bond acceptors (Lipinski definition) is 5. The highest BCUT2D eigenvalue weighted by Crippen LogP contribution is 1.97. The minimum absolute atomic E-state index is 0.282. The van der Waals surface area contributed by atoms with Gasteiger partial charge in [-0.05, 0) is 25.9 Å². The number of carboxylic acids is 1. The van der Waals surface area contributed by atoms with E-state index in [0.717, 1.165) is 25.9 Å². The van der Waals surface area contributed by atoms with E-state index < -0.39 is 12.1 Å². The molecule has 0 saturated heterocycles. The fourth-order valence-corrected chi connectivity index (χ4v) is 1.18. The van der Waals surface area contributed by atoms with Gasteiger partial charge >= 0.3 is 0 Å². The molecule has 1 unspecified atom stereocenters. The summed E-state index contributed by atoms with van der Waals surface area (Å²) in [5, 5.41) is 19.1. The van der Waals surface area contributed by atoms with Crippen molar-refractivity contribution in [2.75, 3.05) is 40.8 Å². The zero-order valence-electron chi connectivity index (χ0n) is 11.2. The predicted molar refractivity (Wildman–Crippen MR) is 65.9 cm³/mol. The normalized spacial score (nSPS) is 12.6. The van der Waals surface area contributed by atoms with Gasteiger partial charge in [0, 0.05) is 12.4 Å². The van der Waals surface area contributed by atoms with Gasteiger partial charge in [-0.1, -0.05) is 0 Å². The summed E-state index contributed by atoms with van der Waals surface area (Å²) < 4.78 is 0.550. The SMILES string of the molecule is C[N+](C)(C)CC(O)CC(=O)[O-].NCCCCN. The van der Waals surface area contributed by atoms with E-state index in [4.69, 9.17) is 16.6 Å². The number of quaternary nitrogens is 1. The van der Waals surface area contributed by atoms with Crippen molar-refractivity contribution in [3.8, 4) is 0 Å². The van der Waals surface area contributed by atoms with Crippen molar-refractivity contribution in [3.05, 3.63) is 0 Å². The second-order valence-corrected chi connectivity index (χ2v) is 4.99. The van der Waals surface area contributed by atoms with Crippen molar-refractivity contribution >= 4 is 5.97 Å². The highest BCUT2D eigenvalue weighted by Gasteiger charge is 2.14. The molecule has 0 amide bonds. The Morgan fingerprint density at radius 1 is 1.24 bits per heavy atom. The monoisotopic (exact) mass is 249 g/mol. The molecule has 104 valence electrons. The summed E-state index contributed by atoms with van der Waals surface area (Å²) in [6, 6.07) is 0. The Bertz CT molecular complexity index is 189. The Labute approximate surface area is 104 Å². The summed E-state index contributed by atoms with van der Waals surface area (Å²) in [6.07, 6.45) is 1.04. The third-order valence-corrected chi connectivity index (χ3v) is 1.82. The minimum atomic E-state index is -1.20. The van der Waals surface area contributed by atoms with Crippen LogP contribution in [-0.4, -0.2) is 62.4 Å². The van der Waals surface area contributed by atoms with E-state index in [0.29, 0.717) is 11.0 Å². The topological polar surface area (TPSA) is 112 Å². The standard InChI is InChI=1S/C7H15NO3.C4H12N2/c1-8(2,3)5-6(9)4-7(10)11;5-3-1-2-4-6/h6,9H,4-5H2,1-3H3;1-6H2. The zero-order valence-corrected chi connectivity index (χ0v) is 11.2. The van der Waals surface area contributed by atoms with Crippen LogP contribution in [0.2, 0.25) is 0 Å². The lowest BCUT2D eigenvalue weighted by atomic mass is 10.2. The zero-order chi connectivity index (χ0) is 13.9. The third-order valence-electron chi connectivity index (χ3n) is 1.82. The molecular weight excluding hydrogens is 222 g/mol. The molecule has 0 bridgehead atoms. The number of unbranched alkanes of at least 4 members (excludes halogenated alkanes) is 1. The van der Waals surface area contributed by atoms with Crippen LogP contribution in [0.4, 0.5) is 0 Å². The van der Waals surface area contributed by atoms with Gasteiger partial charge in [0.2, 0.25) is 0 Å². The van der Waals surface area contributed by atoms with Gasteiger partial charge in [-0.15, -0.1) is 0 Å². The van der Waals surface area contributed by atoms with Gasteiger partial charge in [0.05, 0.1) is 21.1 Å².